The number of nitriles is 1. The SMILES string of the molecule is CN1CCc2cn(CCC#N)c3c2C1C=C(N)C3=O.O=C(O)C(F)(F)F. The van der Waals surface area contributed by atoms with Gasteiger partial charge in [0.25, 0.3) is 0 Å². The number of rotatable bonds is 2. The normalized spacial score (nSPS) is 19.0. The van der Waals surface area contributed by atoms with Crippen molar-refractivity contribution in [2.24, 2.45) is 5.73 Å². The number of allylic oxidation sites excluding steroid dienone is 1. The van der Waals surface area contributed by atoms with E-state index in [2.05, 4.69) is 11.0 Å². The standard InChI is InChI=1S/C14H16N4O.C2HF3O2/c1-17-6-3-9-8-18(5-2-4-15)13-12(9)11(17)7-10(16)14(13)19;3-2(4,5)1(6)7/h7-8,11H,2-3,5-6,16H2,1H3;(H,6,7). The van der Waals surface area contributed by atoms with E-state index in [0.717, 1.165) is 18.5 Å². The number of aromatic nitrogens is 1. The Morgan fingerprint density at radius 2 is 2.12 bits per heavy atom. The fourth-order valence-electron chi connectivity index (χ4n) is 3.01. The molecule has 1 aromatic heterocycles. The van der Waals surface area contributed by atoms with Crippen LogP contribution >= 0.6 is 0 Å². The van der Waals surface area contributed by atoms with Crippen LogP contribution in [0.2, 0.25) is 0 Å². The number of likely N-dealkylation sites (N-methyl/N-ethyl adjacent to an activating group) is 1. The molecule has 1 unspecified atom stereocenters. The van der Waals surface area contributed by atoms with Gasteiger partial charge in [-0.05, 0) is 25.1 Å². The van der Waals surface area contributed by atoms with Gasteiger partial charge < -0.3 is 15.4 Å². The molecular formula is C16H17F3N4O3. The lowest BCUT2D eigenvalue weighted by atomic mass is 9.88. The summed E-state index contributed by atoms with van der Waals surface area (Å²) in [5.41, 5.74) is 9.16. The minimum atomic E-state index is -5.08. The number of hydrogen-bond donors (Lipinski definition) is 2. The van der Waals surface area contributed by atoms with E-state index in [9.17, 15) is 18.0 Å². The van der Waals surface area contributed by atoms with Crippen LogP contribution in [0.15, 0.2) is 18.0 Å². The first-order valence-corrected chi connectivity index (χ1v) is 7.69. The summed E-state index contributed by atoms with van der Waals surface area (Å²) in [4.78, 5) is 23.4. The molecule has 0 fully saturated rings. The summed E-state index contributed by atoms with van der Waals surface area (Å²) < 4.78 is 33.6. The minimum Gasteiger partial charge on any atom is -0.475 e. The Balaban J connectivity index is 0.000000298. The Morgan fingerprint density at radius 3 is 2.65 bits per heavy atom. The fraction of sp³-hybridized carbons (Fsp3) is 0.438. The molecular weight excluding hydrogens is 353 g/mol. The Morgan fingerprint density at radius 1 is 1.50 bits per heavy atom. The van der Waals surface area contributed by atoms with Crippen molar-refractivity contribution < 1.29 is 27.9 Å². The summed E-state index contributed by atoms with van der Waals surface area (Å²) in [5.74, 6) is -2.86. The van der Waals surface area contributed by atoms with Crippen molar-refractivity contribution in [2.45, 2.75) is 31.6 Å². The lowest BCUT2D eigenvalue weighted by Gasteiger charge is -2.33. The number of alkyl halides is 3. The Labute approximate surface area is 147 Å². The van der Waals surface area contributed by atoms with E-state index in [0.29, 0.717) is 24.4 Å². The van der Waals surface area contributed by atoms with Crippen LogP contribution in [0.1, 0.15) is 34.1 Å². The maximum atomic E-state index is 12.3. The van der Waals surface area contributed by atoms with Gasteiger partial charge in [-0.1, -0.05) is 0 Å². The van der Waals surface area contributed by atoms with Gasteiger partial charge in [-0.25, -0.2) is 4.79 Å². The third-order valence-corrected chi connectivity index (χ3v) is 4.23. The number of nitrogens with zero attached hydrogens (tertiary/aromatic N) is 3. The van der Waals surface area contributed by atoms with Gasteiger partial charge in [0.1, 0.15) is 0 Å². The molecule has 0 saturated heterocycles. The van der Waals surface area contributed by atoms with Crippen molar-refractivity contribution in [3.8, 4) is 6.07 Å². The quantitative estimate of drug-likeness (QED) is 0.818. The maximum absolute atomic E-state index is 12.3. The first kappa shape index (κ1) is 19.5. The summed E-state index contributed by atoms with van der Waals surface area (Å²) >= 11 is 0. The van der Waals surface area contributed by atoms with Crippen molar-refractivity contribution in [1.82, 2.24) is 9.47 Å². The molecule has 2 aliphatic rings. The van der Waals surface area contributed by atoms with Gasteiger partial charge in [0.05, 0.1) is 29.9 Å². The Hall–Kier alpha value is -2.80. The number of carbonyl (C=O) groups excluding carboxylic acids is 1. The number of nitrogens with two attached hydrogens (primary N) is 1. The van der Waals surface area contributed by atoms with Crippen molar-refractivity contribution >= 4 is 11.8 Å². The molecule has 26 heavy (non-hydrogen) atoms. The molecule has 0 bridgehead atoms. The predicted molar refractivity (Wildman–Crippen MR) is 84.0 cm³/mol. The van der Waals surface area contributed by atoms with E-state index in [4.69, 9.17) is 20.9 Å². The summed E-state index contributed by atoms with van der Waals surface area (Å²) in [5, 5.41) is 15.9. The number of carbonyl (C=O) groups is 2. The van der Waals surface area contributed by atoms with Gasteiger partial charge in [-0.3, -0.25) is 9.69 Å². The number of aryl methyl sites for hydroxylation is 1. The average Bonchev–Trinajstić information content (AvgIpc) is 2.92. The third-order valence-electron chi connectivity index (χ3n) is 4.23. The van der Waals surface area contributed by atoms with E-state index in [1.54, 1.807) is 0 Å². The minimum absolute atomic E-state index is 0.0970. The highest BCUT2D eigenvalue weighted by molar-refractivity contribution is 6.09. The van der Waals surface area contributed by atoms with Crippen molar-refractivity contribution in [2.75, 3.05) is 13.6 Å². The smallest absolute Gasteiger partial charge is 0.475 e. The van der Waals surface area contributed by atoms with Crippen LogP contribution in [0.5, 0.6) is 0 Å². The number of hydrogen-bond acceptors (Lipinski definition) is 5. The van der Waals surface area contributed by atoms with Crippen LogP contribution in [0.25, 0.3) is 0 Å². The zero-order valence-electron chi connectivity index (χ0n) is 13.9. The summed E-state index contributed by atoms with van der Waals surface area (Å²) in [6.07, 6.45) is 0.127. The highest BCUT2D eigenvalue weighted by Crippen LogP contribution is 2.38. The van der Waals surface area contributed by atoms with Crippen LogP contribution in [0.3, 0.4) is 0 Å². The third kappa shape index (κ3) is 3.72. The first-order chi connectivity index (χ1) is 12.1. The Kier molecular flexibility index (Phi) is 5.41. The number of carboxylic acid groups (broad SMARTS) is 1. The topological polar surface area (TPSA) is 112 Å². The van der Waals surface area contributed by atoms with Crippen LogP contribution < -0.4 is 5.73 Å². The average molecular weight is 370 g/mol. The zero-order valence-corrected chi connectivity index (χ0v) is 13.9. The second kappa shape index (κ2) is 7.21. The molecule has 0 saturated carbocycles. The lowest BCUT2D eigenvalue weighted by molar-refractivity contribution is -0.192. The highest BCUT2D eigenvalue weighted by atomic mass is 19.4. The van der Waals surface area contributed by atoms with Crippen LogP contribution in [-0.2, 0) is 17.8 Å². The van der Waals surface area contributed by atoms with E-state index < -0.39 is 12.1 Å². The van der Waals surface area contributed by atoms with E-state index in [1.807, 2.05) is 23.9 Å². The molecule has 0 aromatic carbocycles. The van der Waals surface area contributed by atoms with Gasteiger partial charge in [-0.2, -0.15) is 18.4 Å². The molecule has 3 N–H and O–H groups in total. The molecule has 140 valence electrons. The maximum Gasteiger partial charge on any atom is 0.490 e. The van der Waals surface area contributed by atoms with Crippen LogP contribution in [0.4, 0.5) is 13.2 Å². The first-order valence-electron chi connectivity index (χ1n) is 7.69. The zero-order chi connectivity index (χ0) is 19.6. The van der Waals surface area contributed by atoms with Crippen LogP contribution in [-0.4, -0.2) is 46.1 Å². The van der Waals surface area contributed by atoms with Gasteiger partial charge in [-0.15, -0.1) is 0 Å². The molecule has 1 aliphatic carbocycles. The Bertz CT molecular complexity index is 805. The lowest BCUT2D eigenvalue weighted by Crippen LogP contribution is -2.35. The van der Waals surface area contributed by atoms with E-state index in [-0.39, 0.29) is 11.8 Å². The van der Waals surface area contributed by atoms with E-state index >= 15 is 0 Å². The molecule has 7 nitrogen and oxygen atoms in total. The molecule has 3 rings (SSSR count). The second-order valence-electron chi connectivity index (χ2n) is 5.95. The number of halogens is 3. The molecule has 1 aromatic rings. The number of Topliss-reactive ketones (excluding diaryl/α,β-unsaturated/α-hetero) is 1. The monoisotopic (exact) mass is 370 g/mol. The number of ketones is 1. The summed E-state index contributed by atoms with van der Waals surface area (Å²) in [6, 6.07) is 2.22. The van der Waals surface area contributed by atoms with Gasteiger partial charge >= 0.3 is 12.1 Å². The van der Waals surface area contributed by atoms with Gasteiger partial charge in [0, 0.05) is 24.8 Å². The molecule has 0 radical (unpaired) electrons. The molecule has 10 heteroatoms. The largest absolute Gasteiger partial charge is 0.490 e. The van der Waals surface area contributed by atoms with E-state index in [1.165, 1.54) is 5.56 Å². The number of aliphatic carboxylic acids is 1. The molecule has 0 amide bonds. The van der Waals surface area contributed by atoms with Crippen LogP contribution in [0, 0.1) is 11.3 Å². The van der Waals surface area contributed by atoms with Crippen molar-refractivity contribution in [1.29, 1.82) is 5.26 Å². The fourth-order valence-corrected chi connectivity index (χ4v) is 3.01. The molecule has 0 spiro atoms. The predicted octanol–water partition coefficient (Wildman–Crippen LogP) is 1.60. The van der Waals surface area contributed by atoms with Gasteiger partial charge in [0.15, 0.2) is 0 Å². The molecule has 1 aliphatic heterocycles. The second-order valence-corrected chi connectivity index (χ2v) is 5.95. The van der Waals surface area contributed by atoms with Crippen molar-refractivity contribution in [3.05, 3.63) is 34.8 Å². The molecule has 1 atom stereocenters. The highest BCUT2D eigenvalue weighted by Gasteiger charge is 2.38. The van der Waals surface area contributed by atoms with Crippen molar-refractivity contribution in [3.63, 3.8) is 0 Å². The summed E-state index contributed by atoms with van der Waals surface area (Å²) in [7, 11) is 2.05. The summed E-state index contributed by atoms with van der Waals surface area (Å²) in [6.45, 7) is 1.51. The van der Waals surface area contributed by atoms with Gasteiger partial charge in [0.2, 0.25) is 5.78 Å². The number of carboxylic acids is 1. The molecule has 2 heterocycles.